The van der Waals surface area contributed by atoms with Crippen molar-refractivity contribution in [3.63, 3.8) is 0 Å². The van der Waals surface area contributed by atoms with Crippen LogP contribution in [0, 0.1) is 45.3 Å². The van der Waals surface area contributed by atoms with Crippen LogP contribution in [0.2, 0.25) is 0 Å². The zero-order valence-corrected chi connectivity index (χ0v) is 15.9. The van der Waals surface area contributed by atoms with Crippen LogP contribution in [-0.4, -0.2) is 0 Å². The van der Waals surface area contributed by atoms with Gasteiger partial charge in [-0.15, -0.1) is 0 Å². The molecule has 108 valence electrons. The average Bonchev–Trinajstić information content (AvgIpc) is 2.68. The smallest absolute Gasteiger partial charge is 0.138 e. The van der Waals surface area contributed by atoms with E-state index in [4.69, 9.17) is 10.5 Å². The van der Waals surface area contributed by atoms with E-state index < -0.39 is 0 Å². The molecule has 0 unspecified atom stereocenters. The molecule has 0 spiro atoms. The minimum absolute atomic E-state index is 0.0574. The quantitative estimate of drug-likeness (QED) is 0.565. The lowest BCUT2D eigenvalue weighted by molar-refractivity contribution is 1.48. The Morgan fingerprint density at radius 1 is 0.696 bits per heavy atom. The Morgan fingerprint density at radius 2 is 1.26 bits per heavy atom. The molecule has 0 fully saturated rings. The Morgan fingerprint density at radius 3 is 1.78 bits per heavy atom. The van der Waals surface area contributed by atoms with Crippen molar-refractivity contribution in [2.24, 2.45) is 0 Å². The summed E-state index contributed by atoms with van der Waals surface area (Å²) in [6.45, 7) is 0. The Bertz CT molecular complexity index is 1060. The molecule has 0 atom stereocenters. The van der Waals surface area contributed by atoms with Gasteiger partial charge in [0.15, 0.2) is 0 Å². The monoisotopic (exact) mass is 488 g/mol. The molecule has 0 amide bonds. The van der Waals surface area contributed by atoms with E-state index in [2.05, 4.69) is 47.8 Å². The molecule has 2 aliphatic rings. The maximum absolute atomic E-state index is 9.20. The number of hydrogen-bond acceptors (Lipinski definition) is 4. The van der Waals surface area contributed by atoms with Crippen molar-refractivity contribution in [3.05, 3.63) is 42.1 Å². The van der Waals surface area contributed by atoms with Crippen LogP contribution in [0.1, 0.15) is 0 Å². The fourth-order valence-electron chi connectivity index (χ4n) is 2.10. The van der Waals surface area contributed by atoms with Gasteiger partial charge in [0.25, 0.3) is 0 Å². The molecule has 23 heavy (non-hydrogen) atoms. The highest BCUT2D eigenvalue weighted by Gasteiger charge is 2.19. The van der Waals surface area contributed by atoms with Gasteiger partial charge in [0.1, 0.15) is 35.4 Å². The highest BCUT2D eigenvalue weighted by atomic mass is 79.9. The third-order valence-corrected chi connectivity index (χ3v) is 5.68. The maximum Gasteiger partial charge on any atom is 0.138 e. The summed E-state index contributed by atoms with van der Waals surface area (Å²) in [6.07, 6.45) is 0. The van der Waals surface area contributed by atoms with Crippen LogP contribution in [0.15, 0.2) is 31.6 Å². The summed E-state index contributed by atoms with van der Waals surface area (Å²) < 4.78 is 1.92. The Balaban J connectivity index is 3.25. The SMILES string of the molecule is N#CC(C#N)=c1cc(Br)cc2c(Br)c(Br)c(=C(C#N)C#N)c-2c1. The molecule has 4 nitrogen and oxygen atoms in total. The van der Waals surface area contributed by atoms with Crippen molar-refractivity contribution in [2.75, 3.05) is 0 Å². The van der Waals surface area contributed by atoms with Gasteiger partial charge in [-0.2, -0.15) is 21.0 Å². The molecule has 7 heteroatoms. The van der Waals surface area contributed by atoms with Gasteiger partial charge < -0.3 is 0 Å². The molecule has 2 rings (SSSR count). The van der Waals surface area contributed by atoms with Gasteiger partial charge in [-0.1, -0.05) is 15.9 Å². The van der Waals surface area contributed by atoms with Crippen LogP contribution < -0.4 is 10.4 Å². The van der Waals surface area contributed by atoms with Gasteiger partial charge >= 0.3 is 0 Å². The van der Waals surface area contributed by atoms with E-state index in [-0.39, 0.29) is 11.1 Å². The maximum atomic E-state index is 9.20. The van der Waals surface area contributed by atoms with Crippen molar-refractivity contribution in [3.8, 4) is 35.4 Å². The molecular weight excluding hydrogens is 488 g/mol. The van der Waals surface area contributed by atoms with Gasteiger partial charge in [-0.05, 0) is 61.2 Å². The number of fused-ring (bicyclic) bond motifs is 1. The minimum Gasteiger partial charge on any atom is -0.192 e. The minimum atomic E-state index is -0.0590. The molecule has 0 N–H and O–H groups in total. The molecule has 0 radical (unpaired) electrons. The molecular formula is C16H3Br3N4. The number of rotatable bonds is 0. The molecule has 0 aromatic carbocycles. The Kier molecular flexibility index (Phi) is 5.19. The van der Waals surface area contributed by atoms with E-state index in [0.29, 0.717) is 29.4 Å². The number of halogens is 3. The van der Waals surface area contributed by atoms with Gasteiger partial charge in [0.2, 0.25) is 0 Å². The first-order valence-electron chi connectivity index (χ1n) is 5.94. The second-order valence-corrected chi connectivity index (χ2v) is 6.80. The van der Waals surface area contributed by atoms with Crippen LogP contribution in [0.3, 0.4) is 0 Å². The van der Waals surface area contributed by atoms with Crippen molar-refractivity contribution in [2.45, 2.75) is 0 Å². The normalized spacial score (nSPS) is 9.35. The van der Waals surface area contributed by atoms with Crippen molar-refractivity contribution < 1.29 is 0 Å². The van der Waals surface area contributed by atoms with Gasteiger partial charge in [-0.3, -0.25) is 0 Å². The average molecular weight is 491 g/mol. The number of hydrogen-bond donors (Lipinski definition) is 0. The zero-order valence-electron chi connectivity index (χ0n) is 11.2. The Hall–Kier alpha value is -2.16. The summed E-state index contributed by atoms with van der Waals surface area (Å²) in [4.78, 5) is 0. The van der Waals surface area contributed by atoms with E-state index in [0.717, 1.165) is 5.56 Å². The highest BCUT2D eigenvalue weighted by Crippen LogP contribution is 2.36. The Labute approximate surface area is 156 Å². The fourth-order valence-corrected chi connectivity index (χ4v) is 3.72. The van der Waals surface area contributed by atoms with Gasteiger partial charge in [0, 0.05) is 23.9 Å². The summed E-state index contributed by atoms with van der Waals surface area (Å²) in [7, 11) is 0. The van der Waals surface area contributed by atoms with Crippen molar-refractivity contribution in [1.29, 1.82) is 21.0 Å². The second-order valence-electron chi connectivity index (χ2n) is 4.30. The zero-order chi connectivity index (χ0) is 17.1. The van der Waals surface area contributed by atoms with Gasteiger partial charge in [-0.25, -0.2) is 0 Å². The van der Waals surface area contributed by atoms with E-state index in [1.54, 1.807) is 18.2 Å². The lowest BCUT2D eigenvalue weighted by Crippen LogP contribution is -2.08. The summed E-state index contributed by atoms with van der Waals surface area (Å²) in [6, 6.07) is 12.5. The summed E-state index contributed by atoms with van der Waals surface area (Å²) in [5.74, 6) is 0. The van der Waals surface area contributed by atoms with Crippen LogP contribution in [0.4, 0.5) is 0 Å². The molecule has 0 bridgehead atoms. The second kappa shape index (κ2) is 6.95. The van der Waals surface area contributed by atoms with E-state index in [1.807, 2.05) is 24.3 Å². The molecule has 2 aliphatic carbocycles. The first-order chi connectivity index (χ1) is 11.0. The summed E-state index contributed by atoms with van der Waals surface area (Å²) >= 11 is 10.2. The molecule has 0 aromatic heterocycles. The standard InChI is InChI=1S/C16H3Br3N4/c17-11-1-8(9(4-20)5-21)2-12-13(3-11)15(18)16(19)14(12)10(6-22)7-23/h1-3H. The molecule has 0 heterocycles. The molecule has 0 saturated heterocycles. The summed E-state index contributed by atoms with van der Waals surface area (Å²) in [5.41, 5.74) is 1.21. The van der Waals surface area contributed by atoms with Crippen LogP contribution in [-0.2, 0) is 0 Å². The van der Waals surface area contributed by atoms with Crippen molar-refractivity contribution >= 4 is 58.9 Å². The lowest BCUT2D eigenvalue weighted by atomic mass is 10.1. The first kappa shape index (κ1) is 17.2. The lowest BCUT2D eigenvalue weighted by Gasteiger charge is -1.93. The summed E-state index contributed by atoms with van der Waals surface area (Å²) in [5, 5.41) is 37.4. The van der Waals surface area contributed by atoms with E-state index in [9.17, 15) is 10.5 Å². The molecule has 0 saturated carbocycles. The third-order valence-electron chi connectivity index (χ3n) is 3.07. The van der Waals surface area contributed by atoms with E-state index in [1.165, 1.54) is 0 Å². The third kappa shape index (κ3) is 3.00. The molecule has 0 aliphatic heterocycles. The number of nitrogens with zero attached hydrogens (tertiary/aromatic N) is 4. The predicted molar refractivity (Wildman–Crippen MR) is 94.7 cm³/mol. The van der Waals surface area contributed by atoms with Crippen LogP contribution in [0.5, 0.6) is 0 Å². The van der Waals surface area contributed by atoms with Gasteiger partial charge in [0.05, 0.1) is 0 Å². The fraction of sp³-hybridized carbons (Fsp3) is 0. The first-order valence-corrected chi connectivity index (χ1v) is 8.32. The highest BCUT2D eigenvalue weighted by molar-refractivity contribution is 9.13. The molecule has 0 aromatic rings. The van der Waals surface area contributed by atoms with Crippen LogP contribution >= 0.6 is 47.8 Å². The largest absolute Gasteiger partial charge is 0.192 e. The topological polar surface area (TPSA) is 95.2 Å². The van der Waals surface area contributed by atoms with Crippen LogP contribution in [0.25, 0.3) is 22.3 Å². The number of nitriles is 4. The van der Waals surface area contributed by atoms with E-state index >= 15 is 0 Å². The van der Waals surface area contributed by atoms with Crippen molar-refractivity contribution in [1.82, 2.24) is 0 Å². The predicted octanol–water partition coefficient (Wildman–Crippen LogP) is 3.47.